The Kier molecular flexibility index (Phi) is 5.59. The van der Waals surface area contributed by atoms with Gasteiger partial charge in [0.2, 0.25) is 0 Å². The number of benzene rings is 1. The fourth-order valence-electron chi connectivity index (χ4n) is 1.65. The van der Waals surface area contributed by atoms with E-state index < -0.39 is 18.1 Å². The molecule has 4 nitrogen and oxygen atoms in total. The molecular formula is C13H18ClNO3. The van der Waals surface area contributed by atoms with E-state index in [9.17, 15) is 9.90 Å². The SMILES string of the molecule is CCC(NCC(O)c1ccc(Cl)c(C)c1)C(=O)O. The van der Waals surface area contributed by atoms with Gasteiger partial charge in [0.15, 0.2) is 0 Å². The zero-order valence-electron chi connectivity index (χ0n) is 10.5. The lowest BCUT2D eigenvalue weighted by Crippen LogP contribution is -2.38. The lowest BCUT2D eigenvalue weighted by Gasteiger charge is -2.17. The van der Waals surface area contributed by atoms with E-state index in [0.29, 0.717) is 11.4 Å². The van der Waals surface area contributed by atoms with Crippen LogP contribution >= 0.6 is 11.6 Å². The van der Waals surface area contributed by atoms with E-state index in [1.165, 1.54) is 0 Å². The van der Waals surface area contributed by atoms with E-state index in [2.05, 4.69) is 5.32 Å². The van der Waals surface area contributed by atoms with Crippen LogP contribution in [0, 0.1) is 6.92 Å². The van der Waals surface area contributed by atoms with Gasteiger partial charge >= 0.3 is 5.97 Å². The van der Waals surface area contributed by atoms with Crippen molar-refractivity contribution in [1.29, 1.82) is 0 Å². The summed E-state index contributed by atoms with van der Waals surface area (Å²) in [4.78, 5) is 10.8. The molecule has 0 aliphatic carbocycles. The number of nitrogens with one attached hydrogen (secondary N) is 1. The lowest BCUT2D eigenvalue weighted by molar-refractivity contribution is -0.139. The molecule has 1 rings (SSSR count). The average Bonchev–Trinajstić information content (AvgIpc) is 2.32. The molecule has 2 atom stereocenters. The first-order valence-corrected chi connectivity index (χ1v) is 6.23. The Hall–Kier alpha value is -1.10. The summed E-state index contributed by atoms with van der Waals surface area (Å²) in [6.07, 6.45) is -0.267. The molecular weight excluding hydrogens is 254 g/mol. The van der Waals surface area contributed by atoms with Crippen molar-refractivity contribution < 1.29 is 15.0 Å². The van der Waals surface area contributed by atoms with Gasteiger partial charge in [0, 0.05) is 11.6 Å². The Balaban J connectivity index is 2.62. The van der Waals surface area contributed by atoms with Crippen LogP contribution in [0.3, 0.4) is 0 Å². The van der Waals surface area contributed by atoms with Gasteiger partial charge in [-0.05, 0) is 30.5 Å². The van der Waals surface area contributed by atoms with E-state index in [-0.39, 0.29) is 6.54 Å². The van der Waals surface area contributed by atoms with Crippen molar-refractivity contribution in [3.05, 3.63) is 34.3 Å². The minimum Gasteiger partial charge on any atom is -0.480 e. The number of aliphatic carboxylic acids is 1. The molecule has 0 saturated carbocycles. The summed E-state index contributed by atoms with van der Waals surface area (Å²) in [7, 11) is 0. The third kappa shape index (κ3) is 3.98. The zero-order valence-corrected chi connectivity index (χ0v) is 11.2. The highest BCUT2D eigenvalue weighted by atomic mass is 35.5. The van der Waals surface area contributed by atoms with Crippen LogP contribution in [0.1, 0.15) is 30.6 Å². The monoisotopic (exact) mass is 271 g/mol. The first kappa shape index (κ1) is 15.0. The maximum atomic E-state index is 10.8. The fourth-order valence-corrected chi connectivity index (χ4v) is 1.77. The van der Waals surface area contributed by atoms with Crippen LogP contribution in [0.25, 0.3) is 0 Å². The predicted molar refractivity (Wildman–Crippen MR) is 70.9 cm³/mol. The van der Waals surface area contributed by atoms with Gasteiger partial charge in [-0.15, -0.1) is 0 Å². The Morgan fingerprint density at radius 1 is 1.50 bits per heavy atom. The summed E-state index contributed by atoms with van der Waals surface area (Å²) in [6.45, 7) is 3.84. The van der Waals surface area contributed by atoms with Crippen LogP contribution in [0.2, 0.25) is 5.02 Å². The minimum absolute atomic E-state index is 0.200. The summed E-state index contributed by atoms with van der Waals surface area (Å²) >= 11 is 5.90. The largest absolute Gasteiger partial charge is 0.480 e. The average molecular weight is 272 g/mol. The molecule has 0 saturated heterocycles. The van der Waals surface area contributed by atoms with Gasteiger partial charge in [-0.2, -0.15) is 0 Å². The van der Waals surface area contributed by atoms with E-state index in [4.69, 9.17) is 16.7 Å². The second-order valence-electron chi connectivity index (χ2n) is 4.23. The van der Waals surface area contributed by atoms with Crippen LogP contribution < -0.4 is 5.32 Å². The van der Waals surface area contributed by atoms with Crippen molar-refractivity contribution in [2.45, 2.75) is 32.4 Å². The number of aryl methyl sites for hydroxylation is 1. The molecule has 0 spiro atoms. The van der Waals surface area contributed by atoms with Crippen molar-refractivity contribution in [3.63, 3.8) is 0 Å². The number of rotatable bonds is 6. The van der Waals surface area contributed by atoms with Gasteiger partial charge in [-0.25, -0.2) is 0 Å². The maximum absolute atomic E-state index is 10.8. The molecule has 100 valence electrons. The second kappa shape index (κ2) is 6.73. The van der Waals surface area contributed by atoms with Crippen molar-refractivity contribution in [1.82, 2.24) is 5.32 Å². The smallest absolute Gasteiger partial charge is 0.320 e. The molecule has 0 amide bonds. The van der Waals surface area contributed by atoms with Gasteiger partial charge in [0.25, 0.3) is 0 Å². The van der Waals surface area contributed by atoms with E-state index in [1.54, 1.807) is 25.1 Å². The Morgan fingerprint density at radius 2 is 2.17 bits per heavy atom. The maximum Gasteiger partial charge on any atom is 0.320 e. The van der Waals surface area contributed by atoms with Gasteiger partial charge in [0.1, 0.15) is 6.04 Å². The van der Waals surface area contributed by atoms with Gasteiger partial charge < -0.3 is 15.5 Å². The Morgan fingerprint density at radius 3 is 2.67 bits per heavy atom. The number of carbonyl (C=O) groups is 1. The molecule has 5 heteroatoms. The van der Waals surface area contributed by atoms with Crippen LogP contribution in [0.5, 0.6) is 0 Å². The van der Waals surface area contributed by atoms with Crippen molar-refractivity contribution >= 4 is 17.6 Å². The topological polar surface area (TPSA) is 69.6 Å². The number of hydrogen-bond donors (Lipinski definition) is 3. The third-order valence-corrected chi connectivity index (χ3v) is 3.25. The number of halogens is 1. The van der Waals surface area contributed by atoms with Gasteiger partial charge in [-0.1, -0.05) is 30.7 Å². The quantitative estimate of drug-likeness (QED) is 0.741. The van der Waals surface area contributed by atoms with Crippen molar-refractivity contribution in [2.75, 3.05) is 6.54 Å². The Bertz CT molecular complexity index is 423. The molecule has 3 N–H and O–H groups in total. The first-order valence-electron chi connectivity index (χ1n) is 5.86. The molecule has 0 aliphatic heterocycles. The van der Waals surface area contributed by atoms with E-state index in [1.807, 2.05) is 6.92 Å². The molecule has 0 aliphatic rings. The Labute approximate surface area is 112 Å². The third-order valence-electron chi connectivity index (χ3n) is 2.83. The predicted octanol–water partition coefficient (Wildman–Crippen LogP) is 2.13. The number of aliphatic hydroxyl groups is 1. The van der Waals surface area contributed by atoms with Crippen LogP contribution in [0.15, 0.2) is 18.2 Å². The number of carboxylic acids is 1. The number of hydrogen-bond acceptors (Lipinski definition) is 3. The molecule has 0 aromatic heterocycles. The lowest BCUT2D eigenvalue weighted by atomic mass is 10.1. The first-order chi connectivity index (χ1) is 8.45. The number of carboxylic acid groups (broad SMARTS) is 1. The van der Waals surface area contributed by atoms with Gasteiger partial charge in [-0.3, -0.25) is 4.79 Å². The second-order valence-corrected chi connectivity index (χ2v) is 4.64. The summed E-state index contributed by atoms with van der Waals surface area (Å²) in [5.74, 6) is -0.906. The highest BCUT2D eigenvalue weighted by molar-refractivity contribution is 6.31. The van der Waals surface area contributed by atoms with Crippen LogP contribution in [0.4, 0.5) is 0 Å². The molecule has 2 unspecified atom stereocenters. The van der Waals surface area contributed by atoms with E-state index in [0.717, 1.165) is 11.1 Å². The molecule has 0 heterocycles. The highest BCUT2D eigenvalue weighted by Gasteiger charge is 2.16. The van der Waals surface area contributed by atoms with Crippen molar-refractivity contribution in [2.24, 2.45) is 0 Å². The molecule has 0 bridgehead atoms. The fraction of sp³-hybridized carbons (Fsp3) is 0.462. The summed E-state index contributed by atoms with van der Waals surface area (Å²) < 4.78 is 0. The molecule has 18 heavy (non-hydrogen) atoms. The molecule has 1 aromatic rings. The standard InChI is InChI=1S/C13H18ClNO3/c1-3-11(13(17)18)15-7-12(16)9-4-5-10(14)8(2)6-9/h4-6,11-12,15-16H,3,7H2,1-2H3,(H,17,18). The summed E-state index contributed by atoms with van der Waals surface area (Å²) in [5, 5.41) is 22.3. The summed E-state index contributed by atoms with van der Waals surface area (Å²) in [5.41, 5.74) is 1.61. The van der Waals surface area contributed by atoms with Crippen LogP contribution in [-0.4, -0.2) is 28.8 Å². The highest BCUT2D eigenvalue weighted by Crippen LogP contribution is 2.20. The molecule has 0 fully saturated rings. The number of aliphatic hydroxyl groups excluding tert-OH is 1. The van der Waals surface area contributed by atoms with E-state index >= 15 is 0 Å². The van der Waals surface area contributed by atoms with Gasteiger partial charge in [0.05, 0.1) is 6.10 Å². The van der Waals surface area contributed by atoms with Crippen molar-refractivity contribution in [3.8, 4) is 0 Å². The molecule has 1 aromatic carbocycles. The zero-order chi connectivity index (χ0) is 13.7. The minimum atomic E-state index is -0.906. The summed E-state index contributed by atoms with van der Waals surface area (Å²) in [6, 6.07) is 4.64. The molecule has 0 radical (unpaired) electrons. The van der Waals surface area contributed by atoms with Crippen LogP contribution in [-0.2, 0) is 4.79 Å². The normalized spacial score (nSPS) is 14.2.